The number of rotatable bonds is 8. The number of nitrogens with one attached hydrogen (secondary N) is 1. The summed E-state index contributed by atoms with van der Waals surface area (Å²) in [6.45, 7) is 2.03. The molecule has 0 saturated carbocycles. The molecular weight excluding hydrogens is 566 g/mol. The molecule has 0 radical (unpaired) electrons. The van der Waals surface area contributed by atoms with Crippen LogP contribution in [0.3, 0.4) is 0 Å². The molecule has 12 heteroatoms. The zero-order chi connectivity index (χ0) is 28.5. The maximum atomic E-state index is 14.6. The van der Waals surface area contributed by atoms with Crippen LogP contribution in [0.5, 0.6) is 5.75 Å². The standard InChI is InChI=1S/C30H25FN6O4.K.H/c1-3-6-25-23(28(38)36(29-32-17-33-37(25)29)20-13-14-26(40-2)24(31)16-20)15-18-9-11-19(12-10-18)21-7-4-5-8-22(21)27-34-30(39)41-35-27;;/h4-5,7-14,16-17H,3,6,15H2,1-2H3,(H,34,35,39);;/q;+1;-1. The van der Waals surface area contributed by atoms with Gasteiger partial charge >= 0.3 is 57.1 Å². The van der Waals surface area contributed by atoms with Crippen LogP contribution in [-0.2, 0) is 12.8 Å². The molecule has 6 rings (SSSR count). The molecule has 6 aromatic rings. The van der Waals surface area contributed by atoms with Crippen LogP contribution in [-0.4, -0.2) is 36.4 Å². The number of aromatic nitrogens is 6. The number of hydrogen-bond donors (Lipinski definition) is 1. The van der Waals surface area contributed by atoms with Crippen molar-refractivity contribution >= 4 is 5.78 Å². The third-order valence-corrected chi connectivity index (χ3v) is 6.94. The monoisotopic (exact) mass is 592 g/mol. The van der Waals surface area contributed by atoms with Gasteiger partial charge in [-0.25, -0.2) is 18.3 Å². The fraction of sp³-hybridized carbons (Fsp3) is 0.167. The van der Waals surface area contributed by atoms with Gasteiger partial charge in [-0.2, -0.15) is 10.1 Å². The van der Waals surface area contributed by atoms with Crippen molar-refractivity contribution in [2.75, 3.05) is 7.11 Å². The molecule has 0 fully saturated rings. The Labute approximate surface area is 283 Å². The first-order valence-corrected chi connectivity index (χ1v) is 13.0. The fourth-order valence-corrected chi connectivity index (χ4v) is 5.05. The van der Waals surface area contributed by atoms with Gasteiger partial charge in [0.1, 0.15) is 6.33 Å². The van der Waals surface area contributed by atoms with E-state index in [4.69, 9.17) is 9.26 Å². The van der Waals surface area contributed by atoms with Crippen molar-refractivity contribution in [1.29, 1.82) is 0 Å². The first kappa shape index (κ1) is 29.8. The second-order valence-corrected chi connectivity index (χ2v) is 9.47. The average molecular weight is 593 g/mol. The normalized spacial score (nSPS) is 11.0. The van der Waals surface area contributed by atoms with Gasteiger partial charge in [0.2, 0.25) is 5.78 Å². The van der Waals surface area contributed by atoms with Gasteiger partial charge < -0.3 is 6.16 Å². The second-order valence-electron chi connectivity index (χ2n) is 9.47. The Morgan fingerprint density at radius 3 is 2.48 bits per heavy atom. The number of aryl methyl sites for hydroxylation is 1. The van der Waals surface area contributed by atoms with E-state index in [0.29, 0.717) is 35.7 Å². The van der Waals surface area contributed by atoms with Crippen molar-refractivity contribution in [1.82, 2.24) is 29.3 Å². The van der Waals surface area contributed by atoms with Crippen LogP contribution in [0.25, 0.3) is 34.0 Å². The Bertz CT molecular complexity index is 2000. The van der Waals surface area contributed by atoms with Crippen molar-refractivity contribution in [3.8, 4) is 34.0 Å². The van der Waals surface area contributed by atoms with Gasteiger partial charge in [-0.1, -0.05) is 67.0 Å². The molecule has 3 heterocycles. The summed E-state index contributed by atoms with van der Waals surface area (Å²) >= 11 is 0. The topological polar surface area (TPSA) is 120 Å². The van der Waals surface area contributed by atoms with E-state index < -0.39 is 11.6 Å². The van der Waals surface area contributed by atoms with E-state index in [2.05, 4.69) is 20.2 Å². The van der Waals surface area contributed by atoms with Crippen LogP contribution < -0.4 is 67.4 Å². The smallest absolute Gasteiger partial charge is 1.00 e. The summed E-state index contributed by atoms with van der Waals surface area (Å²) in [5.74, 6) is -0.474. The van der Waals surface area contributed by atoms with E-state index in [9.17, 15) is 14.0 Å². The molecule has 3 aromatic carbocycles. The number of methoxy groups -OCH3 is 1. The molecule has 0 saturated heterocycles. The van der Waals surface area contributed by atoms with Gasteiger partial charge in [0.25, 0.3) is 5.56 Å². The molecule has 0 aliphatic carbocycles. The fourth-order valence-electron chi connectivity index (χ4n) is 5.05. The molecule has 0 bridgehead atoms. The minimum Gasteiger partial charge on any atom is -1.00 e. The number of halogens is 1. The van der Waals surface area contributed by atoms with Crippen molar-refractivity contribution in [2.45, 2.75) is 26.2 Å². The molecule has 0 aliphatic heterocycles. The van der Waals surface area contributed by atoms with Crippen molar-refractivity contribution in [3.63, 3.8) is 0 Å². The Morgan fingerprint density at radius 1 is 1.05 bits per heavy atom. The zero-order valence-electron chi connectivity index (χ0n) is 24.3. The number of H-pyrrole nitrogens is 1. The summed E-state index contributed by atoms with van der Waals surface area (Å²) in [6.07, 6.45) is 3.13. The van der Waals surface area contributed by atoms with Gasteiger partial charge in [0.05, 0.1) is 18.5 Å². The number of fused-ring (bicyclic) bond motifs is 1. The predicted octanol–water partition coefficient (Wildman–Crippen LogP) is 1.70. The Morgan fingerprint density at radius 2 is 1.81 bits per heavy atom. The van der Waals surface area contributed by atoms with E-state index in [0.717, 1.165) is 34.4 Å². The van der Waals surface area contributed by atoms with Crippen molar-refractivity contribution < 1.29 is 66.5 Å². The molecule has 42 heavy (non-hydrogen) atoms. The average Bonchev–Trinajstić information content (AvgIpc) is 3.65. The number of ether oxygens (including phenoxy) is 1. The van der Waals surface area contributed by atoms with Crippen LogP contribution in [0.15, 0.2) is 87.2 Å². The molecule has 0 aliphatic rings. The minimum atomic E-state index is -0.625. The second kappa shape index (κ2) is 12.7. The minimum absolute atomic E-state index is 0. The van der Waals surface area contributed by atoms with Crippen LogP contribution in [0.2, 0.25) is 0 Å². The molecule has 3 aromatic heterocycles. The first-order valence-electron chi connectivity index (χ1n) is 13.0. The summed E-state index contributed by atoms with van der Waals surface area (Å²) in [5.41, 5.74) is 4.75. The van der Waals surface area contributed by atoms with Crippen molar-refractivity contribution in [3.05, 3.63) is 117 Å². The van der Waals surface area contributed by atoms with E-state index in [1.165, 1.54) is 30.1 Å². The third-order valence-electron chi connectivity index (χ3n) is 6.94. The van der Waals surface area contributed by atoms with Gasteiger partial charge in [-0.15, -0.1) is 0 Å². The maximum absolute atomic E-state index is 14.6. The van der Waals surface area contributed by atoms with Gasteiger partial charge in [0.15, 0.2) is 17.4 Å². The van der Waals surface area contributed by atoms with Crippen LogP contribution in [0.1, 0.15) is 31.6 Å². The molecule has 0 amide bonds. The van der Waals surface area contributed by atoms with E-state index in [1.807, 2.05) is 55.5 Å². The Hall–Kier alpha value is -3.68. The molecule has 0 atom stereocenters. The molecule has 10 nitrogen and oxygen atoms in total. The SMILES string of the molecule is CCCc1c(Cc2ccc(-c3ccccc3-c3noc(=O)[nH]3)cc2)c(=O)n(-c2ccc(OC)c(F)c2)c2ncnn12.[H-].[K+]. The first-order chi connectivity index (χ1) is 20.0. The molecule has 0 unspecified atom stereocenters. The quantitative estimate of drug-likeness (QED) is 0.267. The van der Waals surface area contributed by atoms with Gasteiger partial charge in [-0.05, 0) is 35.2 Å². The molecular formula is C30H26FKN6O4. The zero-order valence-corrected chi connectivity index (χ0v) is 26.4. The van der Waals surface area contributed by atoms with Gasteiger partial charge in [-0.3, -0.25) is 14.3 Å². The van der Waals surface area contributed by atoms with Crippen LogP contribution in [0.4, 0.5) is 4.39 Å². The molecule has 0 spiro atoms. The van der Waals surface area contributed by atoms with Crippen molar-refractivity contribution in [2.24, 2.45) is 0 Å². The van der Waals surface area contributed by atoms with E-state index in [-0.39, 0.29) is 64.1 Å². The van der Waals surface area contributed by atoms with Crippen LogP contribution in [0, 0.1) is 5.82 Å². The van der Waals surface area contributed by atoms with E-state index in [1.54, 1.807) is 10.6 Å². The predicted molar refractivity (Wildman–Crippen MR) is 151 cm³/mol. The summed E-state index contributed by atoms with van der Waals surface area (Å²) in [6, 6.07) is 19.7. The number of benzene rings is 3. The Kier molecular flexibility index (Phi) is 8.99. The summed E-state index contributed by atoms with van der Waals surface area (Å²) < 4.78 is 27.4. The Balaban J connectivity index is 0.00000212. The summed E-state index contributed by atoms with van der Waals surface area (Å²) in [7, 11) is 1.39. The summed E-state index contributed by atoms with van der Waals surface area (Å²) in [4.78, 5) is 32.5. The third kappa shape index (κ3) is 5.55. The van der Waals surface area contributed by atoms with Crippen LogP contribution >= 0.6 is 0 Å². The molecule has 208 valence electrons. The summed E-state index contributed by atoms with van der Waals surface area (Å²) in [5, 5.41) is 8.23. The van der Waals surface area contributed by atoms with E-state index >= 15 is 0 Å². The van der Waals surface area contributed by atoms with Gasteiger partial charge in [0, 0.05) is 23.6 Å². The largest absolute Gasteiger partial charge is 1.00 e. The number of hydrogen-bond acceptors (Lipinski definition) is 7. The molecule has 1 N–H and O–H groups in total. The maximum Gasteiger partial charge on any atom is 1.00 e. The number of aromatic amines is 1. The number of nitrogens with zero attached hydrogens (tertiary/aromatic N) is 5.